The highest BCUT2D eigenvalue weighted by molar-refractivity contribution is 6.33. The Morgan fingerprint density at radius 2 is 1.68 bits per heavy atom. The van der Waals surface area contributed by atoms with Gasteiger partial charge >= 0.3 is 17.8 Å². The van der Waals surface area contributed by atoms with Crippen molar-refractivity contribution in [3.8, 4) is 22.5 Å². The first kappa shape index (κ1) is 26.5. The van der Waals surface area contributed by atoms with E-state index in [1.54, 1.807) is 24.3 Å². The van der Waals surface area contributed by atoms with E-state index in [0.29, 0.717) is 32.3 Å². The number of aromatic nitrogens is 3. The maximum atomic E-state index is 13.1. The van der Waals surface area contributed by atoms with Crippen LogP contribution in [0.5, 0.6) is 0 Å². The molecule has 4 aromatic rings. The van der Waals surface area contributed by atoms with Gasteiger partial charge in [0.25, 0.3) is 0 Å². The maximum Gasteiger partial charge on any atom is 0.416 e. The summed E-state index contributed by atoms with van der Waals surface area (Å²) >= 11 is 12.2. The highest BCUT2D eigenvalue weighted by Gasteiger charge is 2.39. The van der Waals surface area contributed by atoms with E-state index in [0.717, 1.165) is 9.25 Å². The molecule has 0 saturated heterocycles. The summed E-state index contributed by atoms with van der Waals surface area (Å²) in [5.41, 5.74) is 0.600. The van der Waals surface area contributed by atoms with Crippen molar-refractivity contribution in [2.75, 3.05) is 0 Å². The SMILES string of the molecule is O=C(O)c1ccc(Cn2nc(-c3ccc(Cl)cc3)n(C[C@H](O)C(F)(F)F)c2=O)cc1-c1ccccc1Cl. The zero-order valence-corrected chi connectivity index (χ0v) is 20.3. The molecule has 7 nitrogen and oxygen atoms in total. The number of halogens is 5. The molecule has 0 bridgehead atoms. The van der Waals surface area contributed by atoms with Gasteiger partial charge in [-0.15, -0.1) is 5.10 Å². The monoisotopic (exact) mass is 551 g/mol. The molecule has 192 valence electrons. The van der Waals surface area contributed by atoms with Gasteiger partial charge in [0, 0.05) is 21.2 Å². The Bertz CT molecular complexity index is 1520. The van der Waals surface area contributed by atoms with E-state index in [2.05, 4.69) is 5.10 Å². The van der Waals surface area contributed by atoms with E-state index in [1.807, 2.05) is 0 Å². The number of hydrogen-bond acceptors (Lipinski definition) is 4. The van der Waals surface area contributed by atoms with Crippen molar-refractivity contribution < 1.29 is 28.2 Å². The second kappa shape index (κ2) is 10.4. The Kier molecular flexibility index (Phi) is 7.44. The Hall–Kier alpha value is -3.60. The molecule has 0 spiro atoms. The molecule has 3 aromatic carbocycles. The molecule has 0 aliphatic carbocycles. The van der Waals surface area contributed by atoms with Gasteiger partial charge in [-0.1, -0.05) is 47.5 Å². The van der Waals surface area contributed by atoms with Crippen molar-refractivity contribution in [2.24, 2.45) is 0 Å². The number of nitrogens with zero attached hydrogens (tertiary/aromatic N) is 3. The van der Waals surface area contributed by atoms with Crippen molar-refractivity contribution in [2.45, 2.75) is 25.4 Å². The minimum absolute atomic E-state index is 0.0233. The third kappa shape index (κ3) is 5.71. The zero-order valence-electron chi connectivity index (χ0n) is 18.8. The standard InChI is InChI=1S/C25H18Cl2F3N3O4/c26-16-8-6-15(7-9-16)22-31-33(24(37)32(22)13-21(34)25(28,29)30)12-14-5-10-18(23(35)36)19(11-14)17-3-1-2-4-20(17)27/h1-11,21,34H,12-13H2,(H,35,36)/t21-/m0/s1. The molecule has 0 saturated carbocycles. The zero-order chi connectivity index (χ0) is 26.9. The van der Waals surface area contributed by atoms with Crippen LogP contribution in [0, 0.1) is 0 Å². The first-order chi connectivity index (χ1) is 17.5. The molecule has 2 N–H and O–H groups in total. The molecule has 0 unspecified atom stereocenters. The molecule has 4 rings (SSSR count). The van der Waals surface area contributed by atoms with Crippen LogP contribution in [0.4, 0.5) is 13.2 Å². The Balaban J connectivity index is 1.80. The predicted molar refractivity (Wildman–Crippen MR) is 132 cm³/mol. The quantitative estimate of drug-likeness (QED) is 0.322. The number of rotatable bonds is 7. The van der Waals surface area contributed by atoms with Gasteiger partial charge in [0.1, 0.15) is 0 Å². The van der Waals surface area contributed by atoms with E-state index < -0.39 is 30.5 Å². The second-order valence-electron chi connectivity index (χ2n) is 8.10. The number of hydrogen-bond donors (Lipinski definition) is 2. The van der Waals surface area contributed by atoms with Crippen LogP contribution in [-0.2, 0) is 13.1 Å². The van der Waals surface area contributed by atoms with Crippen molar-refractivity contribution in [3.05, 3.63) is 98.4 Å². The summed E-state index contributed by atoms with van der Waals surface area (Å²) in [6.07, 6.45) is -7.74. The number of benzene rings is 3. The van der Waals surface area contributed by atoms with E-state index >= 15 is 0 Å². The van der Waals surface area contributed by atoms with Crippen LogP contribution in [0.25, 0.3) is 22.5 Å². The third-order valence-corrected chi connectivity index (χ3v) is 6.15. The average Bonchev–Trinajstić information content (AvgIpc) is 3.14. The van der Waals surface area contributed by atoms with Gasteiger partial charge in [-0.05, 0) is 53.6 Å². The second-order valence-corrected chi connectivity index (χ2v) is 8.95. The molecule has 1 aromatic heterocycles. The molecular weight excluding hydrogens is 534 g/mol. The smallest absolute Gasteiger partial charge is 0.416 e. The van der Waals surface area contributed by atoms with Crippen molar-refractivity contribution in [1.29, 1.82) is 0 Å². The summed E-state index contributed by atoms with van der Waals surface area (Å²) in [5.74, 6) is -1.28. The number of aromatic carboxylic acids is 1. The van der Waals surface area contributed by atoms with E-state index in [1.165, 1.54) is 42.5 Å². The molecule has 0 fully saturated rings. The fourth-order valence-electron chi connectivity index (χ4n) is 3.75. The topological polar surface area (TPSA) is 97.3 Å². The lowest BCUT2D eigenvalue weighted by Crippen LogP contribution is -2.37. The average molecular weight is 552 g/mol. The lowest BCUT2D eigenvalue weighted by Gasteiger charge is -2.15. The normalized spacial score (nSPS) is 12.5. The van der Waals surface area contributed by atoms with Crippen LogP contribution in [-0.4, -0.2) is 42.8 Å². The molecule has 0 amide bonds. The summed E-state index contributed by atoms with van der Waals surface area (Å²) in [4.78, 5) is 24.9. The predicted octanol–water partition coefficient (Wildman–Crippen LogP) is 5.36. The Morgan fingerprint density at radius 3 is 2.30 bits per heavy atom. The van der Waals surface area contributed by atoms with Gasteiger partial charge in [-0.25, -0.2) is 14.3 Å². The van der Waals surface area contributed by atoms with Crippen molar-refractivity contribution >= 4 is 29.2 Å². The van der Waals surface area contributed by atoms with E-state index in [9.17, 15) is 33.0 Å². The highest BCUT2D eigenvalue weighted by Crippen LogP contribution is 2.31. The van der Waals surface area contributed by atoms with Crippen LogP contribution in [0.2, 0.25) is 10.0 Å². The maximum absolute atomic E-state index is 13.1. The van der Waals surface area contributed by atoms with Crippen LogP contribution in [0.15, 0.2) is 71.5 Å². The van der Waals surface area contributed by atoms with Crippen LogP contribution >= 0.6 is 23.2 Å². The summed E-state index contributed by atoms with van der Waals surface area (Å²) in [5, 5.41) is 24.2. The molecule has 37 heavy (non-hydrogen) atoms. The largest absolute Gasteiger partial charge is 0.478 e. The Labute approximate surface area is 217 Å². The molecule has 12 heteroatoms. The molecule has 0 aliphatic heterocycles. The van der Waals surface area contributed by atoms with Crippen LogP contribution in [0.3, 0.4) is 0 Å². The number of aliphatic hydroxyl groups excluding tert-OH is 1. The van der Waals surface area contributed by atoms with E-state index in [4.69, 9.17) is 23.2 Å². The van der Waals surface area contributed by atoms with Crippen LogP contribution < -0.4 is 5.69 Å². The molecule has 1 heterocycles. The number of alkyl halides is 3. The third-order valence-electron chi connectivity index (χ3n) is 5.57. The Morgan fingerprint density at radius 1 is 1.00 bits per heavy atom. The number of carboxylic acid groups (broad SMARTS) is 1. The molecular formula is C25H18Cl2F3N3O4. The van der Waals surface area contributed by atoms with E-state index in [-0.39, 0.29) is 17.9 Å². The first-order valence-corrected chi connectivity index (χ1v) is 11.5. The van der Waals surface area contributed by atoms with Gasteiger partial charge in [-0.2, -0.15) is 13.2 Å². The van der Waals surface area contributed by atoms with Gasteiger partial charge in [0.05, 0.1) is 18.7 Å². The highest BCUT2D eigenvalue weighted by atomic mass is 35.5. The first-order valence-electron chi connectivity index (χ1n) is 10.7. The van der Waals surface area contributed by atoms with Gasteiger partial charge in [0.15, 0.2) is 11.9 Å². The summed E-state index contributed by atoms with van der Waals surface area (Å²) < 4.78 is 40.9. The lowest BCUT2D eigenvalue weighted by atomic mass is 9.97. The molecule has 1 atom stereocenters. The van der Waals surface area contributed by atoms with Crippen LogP contribution in [0.1, 0.15) is 15.9 Å². The van der Waals surface area contributed by atoms with Gasteiger partial charge in [0.2, 0.25) is 0 Å². The van der Waals surface area contributed by atoms with Gasteiger partial charge < -0.3 is 10.2 Å². The minimum Gasteiger partial charge on any atom is -0.478 e. The molecule has 0 aliphatic rings. The fraction of sp³-hybridized carbons (Fsp3) is 0.160. The van der Waals surface area contributed by atoms with Gasteiger partial charge in [-0.3, -0.25) is 4.57 Å². The number of carboxylic acids is 1. The summed E-state index contributed by atoms with van der Waals surface area (Å²) in [7, 11) is 0. The van der Waals surface area contributed by atoms with Crippen molar-refractivity contribution in [3.63, 3.8) is 0 Å². The number of carbonyl (C=O) groups is 1. The minimum atomic E-state index is -4.95. The summed E-state index contributed by atoms with van der Waals surface area (Å²) in [6.45, 7) is -1.25. The lowest BCUT2D eigenvalue weighted by molar-refractivity contribution is -0.207. The fourth-order valence-corrected chi connectivity index (χ4v) is 4.11. The molecule has 0 radical (unpaired) electrons. The summed E-state index contributed by atoms with van der Waals surface area (Å²) in [6, 6.07) is 16.9. The number of aliphatic hydroxyl groups is 1. The van der Waals surface area contributed by atoms with Crippen molar-refractivity contribution in [1.82, 2.24) is 14.3 Å².